The van der Waals surface area contributed by atoms with Crippen LogP contribution in [0.2, 0.25) is 0 Å². The molecule has 93 heavy (non-hydrogen) atoms. The molecule has 0 saturated carbocycles. The monoisotopic (exact) mass is 1290 g/mol. The molecule has 0 spiro atoms. The van der Waals surface area contributed by atoms with Gasteiger partial charge in [0.05, 0.1) is 34.4 Å². The van der Waals surface area contributed by atoms with Crippen molar-refractivity contribution in [3.63, 3.8) is 0 Å². The third-order valence-corrected chi connectivity index (χ3v) is 15.2. The Labute approximate surface area is 570 Å². The number of aliphatic carboxylic acids is 1. The quantitative estimate of drug-likeness (QED) is 0.0211. The summed E-state index contributed by atoms with van der Waals surface area (Å²) in [6.07, 6.45) is 107. The largest absolute Gasteiger partial charge is 0.477 e. The number of likely N-dealkylation sites (N-methyl/N-ethyl adjacent to an activating group) is 1. The number of unbranched alkanes of at least 4 members (excludes halogenated alkanes) is 21. The minimum Gasteiger partial charge on any atom is -0.477 e. The number of nitrogens with zero attached hydrogens (tertiary/aromatic N) is 1. The molecule has 9 heteroatoms. The van der Waals surface area contributed by atoms with Gasteiger partial charge in [-0.3, -0.25) is 9.59 Å². The number of carbonyl (C=O) groups excluding carboxylic acids is 2. The van der Waals surface area contributed by atoms with Gasteiger partial charge in [-0.15, -0.1) is 0 Å². The fourth-order valence-electron chi connectivity index (χ4n) is 9.60. The smallest absolute Gasteiger partial charge is 0.361 e. The highest BCUT2D eigenvalue weighted by Crippen LogP contribution is 2.16. The Kier molecular flexibility index (Phi) is 67.9. The molecule has 0 aliphatic heterocycles. The van der Waals surface area contributed by atoms with E-state index in [1.807, 2.05) is 21.1 Å². The molecule has 0 aliphatic rings. The number of hydrogen-bond donors (Lipinski definition) is 1. The molecular weight excluding hydrogens is 1150 g/mol. The maximum absolute atomic E-state index is 13.0. The zero-order valence-electron chi connectivity index (χ0n) is 59.8. The topological polar surface area (TPSA) is 108 Å². The normalized spacial score (nSPS) is 13.8. The minimum atomic E-state index is -1.53. The van der Waals surface area contributed by atoms with E-state index in [1.165, 1.54) is 89.9 Å². The number of quaternary nitrogens is 1. The molecule has 1 N–H and O–H groups in total. The summed E-state index contributed by atoms with van der Waals surface area (Å²) in [5.74, 6) is -2.03. The van der Waals surface area contributed by atoms with Crippen molar-refractivity contribution < 1.29 is 42.9 Å². The van der Waals surface area contributed by atoms with Crippen molar-refractivity contribution in [3.05, 3.63) is 182 Å². The van der Waals surface area contributed by atoms with E-state index in [0.717, 1.165) is 148 Å². The summed E-state index contributed by atoms with van der Waals surface area (Å²) in [5.41, 5.74) is 0. The molecule has 0 aromatic rings. The Balaban J connectivity index is 4.16. The third-order valence-electron chi connectivity index (χ3n) is 15.2. The van der Waals surface area contributed by atoms with Crippen molar-refractivity contribution in [2.24, 2.45) is 0 Å². The van der Waals surface area contributed by atoms with Crippen molar-refractivity contribution in [2.75, 3.05) is 47.5 Å². The number of allylic oxidation sites excluding steroid dienone is 30. The van der Waals surface area contributed by atoms with Crippen LogP contribution < -0.4 is 0 Å². The van der Waals surface area contributed by atoms with Gasteiger partial charge in [0.1, 0.15) is 13.2 Å². The van der Waals surface area contributed by atoms with Gasteiger partial charge >= 0.3 is 17.9 Å². The lowest BCUT2D eigenvalue weighted by molar-refractivity contribution is -0.870. The van der Waals surface area contributed by atoms with E-state index in [1.54, 1.807) is 0 Å². The standard InChI is InChI=1S/C84H135NO8/c1-6-8-10-12-14-16-18-20-22-24-26-28-30-32-34-36-37-38-39-40-41-42-43-44-45-47-49-51-53-55-57-59-61-63-65-67-69-71-73-75-82(87)93-80(79-92-84(83(88)89)90-77-76-85(3,4)5)78-91-81(86)74-72-70-68-66-64-62-60-58-56-54-52-50-48-46-35-33-31-29-27-25-23-21-19-17-15-13-11-9-7-2/h8-11,14-17,20-23,26-29,32-35,37-38,40-41,43-44,48,50,54,56,80,84H,6-7,12-13,18-19,24-25,30-31,36,39,42,45-47,49,51-53,55,57-79H2,1-5H3/p+1/b10-8-,11-9-,16-14-,17-15-,22-20-,23-21-,28-26-,29-27-,34-32-,35-33-,38-37-,41-40-,44-43-,50-48-,56-54-. The van der Waals surface area contributed by atoms with Crippen LogP contribution in [0.3, 0.4) is 0 Å². The Hall–Kier alpha value is -5.61. The fraction of sp³-hybridized carbons (Fsp3) is 0.607. The molecule has 0 rings (SSSR count). The third kappa shape index (κ3) is 73.7. The van der Waals surface area contributed by atoms with Gasteiger partial charge < -0.3 is 28.5 Å². The van der Waals surface area contributed by atoms with E-state index in [9.17, 15) is 19.5 Å². The van der Waals surface area contributed by atoms with Gasteiger partial charge in [0.15, 0.2) is 6.10 Å². The van der Waals surface area contributed by atoms with E-state index in [-0.39, 0.29) is 38.6 Å². The molecule has 2 unspecified atom stereocenters. The number of rotatable bonds is 66. The zero-order valence-corrected chi connectivity index (χ0v) is 59.8. The maximum atomic E-state index is 13.0. The predicted molar refractivity (Wildman–Crippen MR) is 400 cm³/mol. The number of carboxylic acid groups (broad SMARTS) is 1. The number of hydrogen-bond acceptors (Lipinski definition) is 7. The second-order valence-electron chi connectivity index (χ2n) is 25.1. The summed E-state index contributed by atoms with van der Waals surface area (Å²) in [4.78, 5) is 37.7. The van der Waals surface area contributed by atoms with E-state index in [2.05, 4.69) is 196 Å². The molecular formula is C84H136NO8+. The van der Waals surface area contributed by atoms with Crippen LogP contribution in [0.5, 0.6) is 0 Å². The van der Waals surface area contributed by atoms with Crippen molar-refractivity contribution in [1.82, 2.24) is 0 Å². The van der Waals surface area contributed by atoms with Crippen LogP contribution in [0.15, 0.2) is 182 Å². The Morgan fingerprint density at radius 3 is 0.860 bits per heavy atom. The summed E-state index contributed by atoms with van der Waals surface area (Å²) >= 11 is 0. The first-order valence-electron chi connectivity index (χ1n) is 36.9. The molecule has 9 nitrogen and oxygen atoms in total. The second-order valence-corrected chi connectivity index (χ2v) is 25.1. The van der Waals surface area contributed by atoms with E-state index in [0.29, 0.717) is 17.4 Å². The minimum absolute atomic E-state index is 0.177. The number of ether oxygens (including phenoxy) is 4. The lowest BCUT2D eigenvalue weighted by atomic mass is 10.0. The van der Waals surface area contributed by atoms with E-state index < -0.39 is 24.3 Å². The van der Waals surface area contributed by atoms with Crippen LogP contribution in [-0.2, 0) is 33.3 Å². The highest BCUT2D eigenvalue weighted by molar-refractivity contribution is 5.71. The molecule has 0 aromatic heterocycles. The first-order valence-corrected chi connectivity index (χ1v) is 36.9. The highest BCUT2D eigenvalue weighted by Gasteiger charge is 2.25. The van der Waals surface area contributed by atoms with Gasteiger partial charge in [-0.1, -0.05) is 305 Å². The lowest BCUT2D eigenvalue weighted by Gasteiger charge is -2.25. The first-order chi connectivity index (χ1) is 45.6. The number of esters is 2. The SMILES string of the molecule is CC/C=C\C/C=C\C/C=C\C/C=C\C/C=C\C/C=C\C/C=C\C/C=C\CCCCCCCCCCCCCCCCC(=O)OC(COC(=O)CCCCCCCCC/C=C\C/C=C\C/C=C\C/C=C\C/C=C\C/C=C\C/C=C\CC)COC(OCC[N+](C)(C)C)C(=O)O. The lowest BCUT2D eigenvalue weighted by Crippen LogP contribution is -2.40. The van der Waals surface area contributed by atoms with Gasteiger partial charge in [-0.2, -0.15) is 0 Å². The van der Waals surface area contributed by atoms with Crippen molar-refractivity contribution in [1.29, 1.82) is 0 Å². The predicted octanol–water partition coefficient (Wildman–Crippen LogP) is 23.6. The molecule has 0 fully saturated rings. The molecule has 0 bridgehead atoms. The molecule has 0 heterocycles. The second kappa shape index (κ2) is 72.2. The van der Waals surface area contributed by atoms with Crippen molar-refractivity contribution in [2.45, 2.75) is 283 Å². The van der Waals surface area contributed by atoms with E-state index in [4.69, 9.17) is 18.9 Å². The molecule has 0 aliphatic carbocycles. The summed E-state index contributed by atoms with van der Waals surface area (Å²) < 4.78 is 23.0. The average Bonchev–Trinajstić information content (AvgIpc) is 3.38. The fourth-order valence-corrected chi connectivity index (χ4v) is 9.60. The van der Waals surface area contributed by atoms with Crippen LogP contribution in [0.4, 0.5) is 0 Å². The summed E-state index contributed by atoms with van der Waals surface area (Å²) in [7, 11) is 5.97. The van der Waals surface area contributed by atoms with Gasteiger partial charge in [0.25, 0.3) is 6.29 Å². The Morgan fingerprint density at radius 1 is 0.323 bits per heavy atom. The molecule has 0 saturated heterocycles. The van der Waals surface area contributed by atoms with Crippen LogP contribution in [-0.4, -0.2) is 87.4 Å². The first kappa shape index (κ1) is 87.4. The molecule has 524 valence electrons. The molecule has 2 atom stereocenters. The van der Waals surface area contributed by atoms with Crippen LogP contribution in [0.25, 0.3) is 0 Å². The highest BCUT2D eigenvalue weighted by atomic mass is 16.7. The summed E-state index contributed by atoms with van der Waals surface area (Å²) in [5, 5.41) is 9.76. The average molecular weight is 1290 g/mol. The van der Waals surface area contributed by atoms with Crippen LogP contribution in [0, 0.1) is 0 Å². The zero-order chi connectivity index (χ0) is 67.5. The molecule has 0 amide bonds. The maximum Gasteiger partial charge on any atom is 0.361 e. The van der Waals surface area contributed by atoms with Gasteiger partial charge in [-0.25, -0.2) is 4.79 Å². The molecule has 0 radical (unpaired) electrons. The van der Waals surface area contributed by atoms with Crippen molar-refractivity contribution >= 4 is 17.9 Å². The molecule has 0 aromatic carbocycles. The van der Waals surface area contributed by atoms with Crippen LogP contribution in [0.1, 0.15) is 271 Å². The van der Waals surface area contributed by atoms with Crippen molar-refractivity contribution in [3.8, 4) is 0 Å². The summed E-state index contributed by atoms with van der Waals surface area (Å²) in [6, 6.07) is 0. The number of carboxylic acids is 1. The van der Waals surface area contributed by atoms with Crippen LogP contribution >= 0.6 is 0 Å². The van der Waals surface area contributed by atoms with Gasteiger partial charge in [0, 0.05) is 12.8 Å². The van der Waals surface area contributed by atoms with E-state index >= 15 is 0 Å². The van der Waals surface area contributed by atoms with Gasteiger partial charge in [0.2, 0.25) is 0 Å². The number of carbonyl (C=O) groups is 3. The summed E-state index contributed by atoms with van der Waals surface area (Å²) in [6.45, 7) is 4.63. The van der Waals surface area contributed by atoms with Gasteiger partial charge in [-0.05, 0) is 135 Å². The Bertz CT molecular complexity index is 2190. The Morgan fingerprint density at radius 2 is 0.581 bits per heavy atom.